The third-order valence-electron chi connectivity index (χ3n) is 4.76. The Kier molecular flexibility index (Phi) is 7.14. The molecule has 1 aliphatic heterocycles. The maximum Gasteiger partial charge on any atom is 0.198 e. The molecule has 29 heavy (non-hydrogen) atoms. The van der Waals surface area contributed by atoms with Crippen molar-refractivity contribution in [3.8, 4) is 5.75 Å². The van der Waals surface area contributed by atoms with Crippen molar-refractivity contribution in [2.75, 3.05) is 21.3 Å². The number of hydrogen-bond acceptors (Lipinski definition) is 6. The maximum atomic E-state index is 12.8. The van der Waals surface area contributed by atoms with Crippen molar-refractivity contribution in [2.45, 2.75) is 45.3 Å². The second kappa shape index (κ2) is 9.18. The molecule has 158 valence electrons. The first-order valence-corrected chi connectivity index (χ1v) is 9.38. The molecule has 1 unspecified atom stereocenters. The Hall–Kier alpha value is -2.73. The van der Waals surface area contributed by atoms with Crippen LogP contribution in [0.25, 0.3) is 0 Å². The molecule has 6 nitrogen and oxygen atoms in total. The minimum absolute atomic E-state index is 0.0944. The lowest BCUT2D eigenvalue weighted by Gasteiger charge is -2.35. The minimum atomic E-state index is -0.670. The van der Waals surface area contributed by atoms with Crippen molar-refractivity contribution in [1.29, 1.82) is 0 Å². The average molecular weight is 402 g/mol. The van der Waals surface area contributed by atoms with Gasteiger partial charge in [-0.15, -0.1) is 0 Å². The van der Waals surface area contributed by atoms with Crippen LogP contribution in [-0.4, -0.2) is 37.8 Å². The summed E-state index contributed by atoms with van der Waals surface area (Å²) in [6.07, 6.45) is 1.54. The number of fused-ring (bicyclic) bond motifs is 1. The van der Waals surface area contributed by atoms with E-state index in [-0.39, 0.29) is 12.2 Å². The summed E-state index contributed by atoms with van der Waals surface area (Å²) in [5.41, 5.74) is 1.24. The van der Waals surface area contributed by atoms with Gasteiger partial charge < -0.3 is 24.1 Å². The van der Waals surface area contributed by atoms with Crippen LogP contribution in [-0.2, 0) is 14.2 Å². The molecule has 0 radical (unpaired) electrons. The topological polar surface area (TPSA) is 74.2 Å². The summed E-state index contributed by atoms with van der Waals surface area (Å²) in [6.45, 7) is 9.57. The monoisotopic (exact) mass is 402 g/mol. The van der Waals surface area contributed by atoms with Crippen molar-refractivity contribution in [1.82, 2.24) is 0 Å². The van der Waals surface area contributed by atoms with Gasteiger partial charge in [-0.2, -0.15) is 0 Å². The molecule has 0 saturated carbocycles. The highest BCUT2D eigenvalue weighted by Crippen LogP contribution is 2.39. The van der Waals surface area contributed by atoms with Gasteiger partial charge in [-0.3, -0.25) is 4.79 Å². The smallest absolute Gasteiger partial charge is 0.198 e. The van der Waals surface area contributed by atoms with Crippen LogP contribution >= 0.6 is 0 Å². The van der Waals surface area contributed by atoms with E-state index >= 15 is 0 Å². The van der Waals surface area contributed by atoms with E-state index in [2.05, 4.69) is 6.58 Å². The number of aliphatic hydroxyl groups excluding tert-OH is 1. The summed E-state index contributed by atoms with van der Waals surface area (Å²) in [5.74, 6) is 1.89. The lowest BCUT2D eigenvalue weighted by Crippen LogP contribution is -2.34. The van der Waals surface area contributed by atoms with Crippen LogP contribution in [0.5, 0.6) is 5.75 Å². The number of benzene rings is 1. The molecule has 1 N–H and O–H groups in total. The molecular weight excluding hydrogens is 372 g/mol. The van der Waals surface area contributed by atoms with Gasteiger partial charge >= 0.3 is 0 Å². The van der Waals surface area contributed by atoms with Crippen molar-refractivity contribution >= 4 is 5.78 Å². The average Bonchev–Trinajstić information content (AvgIpc) is 2.66. The predicted molar refractivity (Wildman–Crippen MR) is 111 cm³/mol. The van der Waals surface area contributed by atoms with E-state index in [1.54, 1.807) is 31.2 Å². The second-order valence-corrected chi connectivity index (χ2v) is 7.60. The quantitative estimate of drug-likeness (QED) is 0.393. The number of aliphatic hydroxyl groups is 1. The van der Waals surface area contributed by atoms with Crippen LogP contribution < -0.4 is 4.74 Å². The first-order valence-electron chi connectivity index (χ1n) is 9.38. The van der Waals surface area contributed by atoms with Gasteiger partial charge in [-0.05, 0) is 50.6 Å². The lowest BCUT2D eigenvalue weighted by molar-refractivity contribution is 0.0115. The molecule has 0 spiro atoms. The first kappa shape index (κ1) is 22.6. The summed E-state index contributed by atoms with van der Waals surface area (Å²) < 4.78 is 21.8. The molecule has 0 aromatic heterocycles. The van der Waals surface area contributed by atoms with E-state index in [0.29, 0.717) is 46.1 Å². The lowest BCUT2D eigenvalue weighted by atomic mass is 9.90. The number of rotatable bonds is 8. The van der Waals surface area contributed by atoms with Crippen molar-refractivity contribution in [2.24, 2.45) is 0 Å². The van der Waals surface area contributed by atoms with Crippen molar-refractivity contribution < 1.29 is 28.8 Å². The zero-order valence-electron chi connectivity index (χ0n) is 18.0. The number of ketones is 1. The van der Waals surface area contributed by atoms with E-state index in [1.165, 1.54) is 21.3 Å². The maximum absolute atomic E-state index is 12.8. The molecule has 0 fully saturated rings. The molecule has 0 saturated heterocycles. The van der Waals surface area contributed by atoms with E-state index < -0.39 is 11.7 Å². The van der Waals surface area contributed by atoms with Gasteiger partial charge in [-0.1, -0.05) is 6.58 Å². The molecular formula is C23H30O6. The fourth-order valence-electron chi connectivity index (χ4n) is 3.26. The summed E-state index contributed by atoms with van der Waals surface area (Å²) in [7, 11) is 4.56. The third kappa shape index (κ3) is 5.41. The summed E-state index contributed by atoms with van der Waals surface area (Å²) in [4.78, 5) is 12.8. The molecule has 0 amide bonds. The molecule has 1 atom stereocenters. The van der Waals surface area contributed by atoms with E-state index in [4.69, 9.17) is 18.9 Å². The Morgan fingerprint density at radius 1 is 1.28 bits per heavy atom. The summed E-state index contributed by atoms with van der Waals surface area (Å²) in [5, 5.41) is 10.4. The first-order chi connectivity index (χ1) is 13.6. The van der Waals surface area contributed by atoms with Gasteiger partial charge in [-0.25, -0.2) is 0 Å². The van der Waals surface area contributed by atoms with Crippen molar-refractivity contribution in [3.05, 3.63) is 64.8 Å². The van der Waals surface area contributed by atoms with Crippen LogP contribution in [0.4, 0.5) is 0 Å². The van der Waals surface area contributed by atoms with Crippen LogP contribution in [0.1, 0.15) is 55.6 Å². The molecule has 0 bridgehead atoms. The molecule has 6 heteroatoms. The fourth-order valence-corrected chi connectivity index (χ4v) is 3.26. The minimum Gasteiger partial charge on any atom is -0.497 e. The zero-order chi connectivity index (χ0) is 21.8. The molecule has 1 aromatic rings. The second-order valence-electron chi connectivity index (χ2n) is 7.60. The van der Waals surface area contributed by atoms with Gasteiger partial charge in [0, 0.05) is 24.0 Å². The Morgan fingerprint density at radius 3 is 2.55 bits per heavy atom. The van der Waals surface area contributed by atoms with Crippen LogP contribution in [0.2, 0.25) is 0 Å². The van der Waals surface area contributed by atoms with E-state index in [0.717, 1.165) is 0 Å². The molecule has 1 aliphatic rings. The number of allylic oxidation sites excluding steroid dienone is 3. The van der Waals surface area contributed by atoms with Gasteiger partial charge in [0.25, 0.3) is 0 Å². The van der Waals surface area contributed by atoms with E-state index in [9.17, 15) is 9.90 Å². The normalized spacial score (nSPS) is 18.7. The van der Waals surface area contributed by atoms with Gasteiger partial charge in [0.15, 0.2) is 17.3 Å². The van der Waals surface area contributed by atoms with Gasteiger partial charge in [0.2, 0.25) is 0 Å². The van der Waals surface area contributed by atoms with E-state index in [1.807, 2.05) is 13.8 Å². The number of ether oxygens (including phenoxy) is 4. The number of Topliss-reactive ketones (excluding diaryl/α,β-unsaturated/α-hetero) is 1. The highest BCUT2D eigenvalue weighted by Gasteiger charge is 2.33. The number of carbonyl (C=O) groups is 1. The molecule has 2 rings (SSSR count). The summed E-state index contributed by atoms with van der Waals surface area (Å²) >= 11 is 0. The SMILES string of the molecule is C=C(/C=C(OC)\C(OC)=C(/C)OC)CC(=O)c1ccc2c(c1)C(O)CC(C)(C)O2. The van der Waals surface area contributed by atoms with Crippen LogP contribution in [0.15, 0.2) is 53.7 Å². The Morgan fingerprint density at radius 2 is 1.97 bits per heavy atom. The van der Waals surface area contributed by atoms with Gasteiger partial charge in [0.05, 0.1) is 27.4 Å². The molecule has 1 aromatic carbocycles. The Balaban J connectivity index is 2.20. The van der Waals surface area contributed by atoms with Crippen LogP contribution in [0.3, 0.4) is 0 Å². The van der Waals surface area contributed by atoms with Gasteiger partial charge in [0.1, 0.15) is 17.1 Å². The highest BCUT2D eigenvalue weighted by molar-refractivity contribution is 5.98. The largest absolute Gasteiger partial charge is 0.497 e. The van der Waals surface area contributed by atoms with Crippen molar-refractivity contribution in [3.63, 3.8) is 0 Å². The summed E-state index contributed by atoms with van der Waals surface area (Å²) in [6, 6.07) is 5.14. The molecule has 0 aliphatic carbocycles. The highest BCUT2D eigenvalue weighted by atomic mass is 16.5. The third-order valence-corrected chi connectivity index (χ3v) is 4.76. The Bertz CT molecular complexity index is 847. The predicted octanol–water partition coefficient (Wildman–Crippen LogP) is 4.46. The Labute approximate surface area is 172 Å². The number of methoxy groups -OCH3 is 3. The zero-order valence-corrected chi connectivity index (χ0v) is 18.0. The number of hydrogen-bond donors (Lipinski definition) is 1. The molecule has 1 heterocycles. The van der Waals surface area contributed by atoms with Crippen LogP contribution in [0, 0.1) is 0 Å². The number of carbonyl (C=O) groups excluding carboxylic acids is 1. The standard InChI is InChI=1S/C23H30O6/c1-14(11-21(27-6)22(28-7)15(2)26-5)10-18(24)16-8-9-20-17(12-16)19(25)13-23(3,4)29-20/h8-9,11-12,19,25H,1,10,13H2,2-7H3/b21-11+,22-15-. The fraction of sp³-hybridized carbons (Fsp3) is 0.435.